The van der Waals surface area contributed by atoms with Crippen LogP contribution in [0.1, 0.15) is 25.8 Å². The summed E-state index contributed by atoms with van der Waals surface area (Å²) < 4.78 is 71.2. The van der Waals surface area contributed by atoms with Crippen molar-refractivity contribution in [1.29, 1.82) is 0 Å². The van der Waals surface area contributed by atoms with E-state index in [1.54, 1.807) is 6.07 Å². The van der Waals surface area contributed by atoms with Crippen LogP contribution < -0.4 is 10.3 Å². The number of anilines is 1. The quantitative estimate of drug-likeness (QED) is 0.355. The molecule has 0 spiro atoms. The minimum atomic E-state index is -4.78. The van der Waals surface area contributed by atoms with Gasteiger partial charge < -0.3 is 4.98 Å². The van der Waals surface area contributed by atoms with Crippen LogP contribution in [0.3, 0.4) is 0 Å². The van der Waals surface area contributed by atoms with Gasteiger partial charge in [0.25, 0.3) is 10.0 Å². The Kier molecular flexibility index (Phi) is 6.32. The average Bonchev–Trinajstić information content (AvgIpc) is 3.21. The summed E-state index contributed by atoms with van der Waals surface area (Å²) in [4.78, 5) is 18.1. The number of thiazole rings is 1. The van der Waals surface area contributed by atoms with E-state index in [0.717, 1.165) is 24.3 Å². The molecule has 4 rings (SSSR count). The van der Waals surface area contributed by atoms with Gasteiger partial charge in [0, 0.05) is 28.8 Å². The highest BCUT2D eigenvalue weighted by Gasteiger charge is 2.28. The molecule has 0 amide bonds. The van der Waals surface area contributed by atoms with Crippen LogP contribution >= 0.6 is 11.3 Å². The van der Waals surface area contributed by atoms with Crippen LogP contribution in [0.5, 0.6) is 0 Å². The lowest BCUT2D eigenvalue weighted by atomic mass is 9.98. The van der Waals surface area contributed by atoms with Crippen molar-refractivity contribution in [2.75, 3.05) is 4.72 Å². The zero-order chi connectivity index (χ0) is 25.5. The zero-order valence-corrected chi connectivity index (χ0v) is 20.5. The Bertz CT molecular complexity index is 1550. The second-order valence-corrected chi connectivity index (χ2v) is 11.3. The molecule has 0 fully saturated rings. The van der Waals surface area contributed by atoms with Crippen molar-refractivity contribution in [1.82, 2.24) is 9.97 Å². The van der Waals surface area contributed by atoms with Crippen molar-refractivity contribution in [3.8, 4) is 21.7 Å². The van der Waals surface area contributed by atoms with Crippen LogP contribution in [0, 0.1) is 17.5 Å². The molecule has 4 aromatic rings. The standard InChI is InChI=1S/C24H20F3N3O3S2/c1-24(2,3)23-29-20(21(34-23)13-10-11-18(31)28-12-13)14-6-4-9-17(19(14)27)30-35(32,33)22-15(25)7-5-8-16(22)26/h4-12,30H,1-3H3,(H,28,31). The number of aromatic nitrogens is 2. The molecule has 0 aliphatic heterocycles. The molecule has 2 heterocycles. The molecule has 0 unspecified atom stereocenters. The SMILES string of the molecule is CC(C)(C)c1nc(-c2cccc(NS(=O)(=O)c3c(F)cccc3F)c2F)c(-c2ccc(=O)[nH]c2)s1. The van der Waals surface area contributed by atoms with Gasteiger partial charge in [-0.05, 0) is 30.3 Å². The van der Waals surface area contributed by atoms with Crippen LogP contribution in [0.25, 0.3) is 21.7 Å². The summed E-state index contributed by atoms with van der Waals surface area (Å²) in [6, 6.07) is 9.50. The molecule has 35 heavy (non-hydrogen) atoms. The molecule has 0 atom stereocenters. The Morgan fingerprint density at radius 2 is 1.63 bits per heavy atom. The van der Waals surface area contributed by atoms with Gasteiger partial charge in [-0.15, -0.1) is 11.3 Å². The summed E-state index contributed by atoms with van der Waals surface area (Å²) in [6.07, 6.45) is 1.48. The number of hydrogen-bond donors (Lipinski definition) is 2. The van der Waals surface area contributed by atoms with Crippen molar-refractivity contribution >= 4 is 27.0 Å². The molecular weight excluding hydrogens is 499 g/mol. The zero-order valence-electron chi connectivity index (χ0n) is 18.8. The molecule has 182 valence electrons. The van der Waals surface area contributed by atoms with Gasteiger partial charge in [-0.2, -0.15) is 0 Å². The van der Waals surface area contributed by atoms with Crippen molar-refractivity contribution in [3.05, 3.63) is 87.5 Å². The lowest BCUT2D eigenvalue weighted by molar-refractivity contribution is 0.521. The molecule has 0 bridgehead atoms. The van der Waals surface area contributed by atoms with Crippen LogP contribution in [0.2, 0.25) is 0 Å². The number of sulfonamides is 1. The van der Waals surface area contributed by atoms with E-state index in [2.05, 4.69) is 9.97 Å². The smallest absolute Gasteiger partial charge is 0.267 e. The van der Waals surface area contributed by atoms with E-state index >= 15 is 4.39 Å². The minimum absolute atomic E-state index is 0.0212. The fourth-order valence-corrected chi connectivity index (χ4v) is 5.63. The number of hydrogen-bond acceptors (Lipinski definition) is 5. The number of nitrogens with one attached hydrogen (secondary N) is 2. The first-order chi connectivity index (χ1) is 16.4. The van der Waals surface area contributed by atoms with Crippen molar-refractivity contribution in [3.63, 3.8) is 0 Å². The molecule has 0 aliphatic rings. The number of nitrogens with zero attached hydrogens (tertiary/aromatic N) is 1. The minimum Gasteiger partial charge on any atom is -0.328 e. The molecule has 6 nitrogen and oxygen atoms in total. The molecule has 0 radical (unpaired) electrons. The third kappa shape index (κ3) is 4.87. The van der Waals surface area contributed by atoms with Crippen LogP contribution in [-0.2, 0) is 15.4 Å². The Morgan fingerprint density at radius 3 is 2.23 bits per heavy atom. The van der Waals surface area contributed by atoms with E-state index in [9.17, 15) is 22.0 Å². The van der Waals surface area contributed by atoms with Crippen molar-refractivity contribution in [2.24, 2.45) is 0 Å². The third-order valence-electron chi connectivity index (χ3n) is 5.00. The number of benzene rings is 2. The summed E-state index contributed by atoms with van der Waals surface area (Å²) in [5.41, 5.74) is -0.374. The van der Waals surface area contributed by atoms with E-state index in [1.165, 1.54) is 35.7 Å². The van der Waals surface area contributed by atoms with Gasteiger partial charge in [0.05, 0.1) is 21.3 Å². The maximum absolute atomic E-state index is 15.7. The van der Waals surface area contributed by atoms with Crippen molar-refractivity contribution in [2.45, 2.75) is 31.1 Å². The molecular formula is C24H20F3N3O3S2. The number of H-pyrrole nitrogens is 1. The van der Waals surface area contributed by atoms with E-state index < -0.39 is 38.1 Å². The molecule has 11 heteroatoms. The van der Waals surface area contributed by atoms with E-state index in [4.69, 9.17) is 0 Å². The first-order valence-corrected chi connectivity index (χ1v) is 12.6. The summed E-state index contributed by atoms with van der Waals surface area (Å²) >= 11 is 1.31. The Balaban J connectivity index is 1.85. The highest BCUT2D eigenvalue weighted by molar-refractivity contribution is 7.92. The van der Waals surface area contributed by atoms with Crippen LogP contribution in [0.4, 0.5) is 18.9 Å². The third-order valence-corrected chi connectivity index (χ3v) is 7.95. The van der Waals surface area contributed by atoms with Gasteiger partial charge in [-0.3, -0.25) is 9.52 Å². The fourth-order valence-electron chi connectivity index (χ4n) is 3.30. The first kappa shape index (κ1) is 24.7. The normalized spacial score (nSPS) is 12.1. The van der Waals surface area contributed by atoms with Crippen LogP contribution in [0.15, 0.2) is 64.4 Å². The first-order valence-electron chi connectivity index (χ1n) is 10.3. The molecule has 2 aromatic heterocycles. The molecule has 2 N–H and O–H groups in total. The van der Waals surface area contributed by atoms with Gasteiger partial charge in [-0.25, -0.2) is 26.6 Å². The van der Waals surface area contributed by atoms with E-state index in [0.29, 0.717) is 15.4 Å². The largest absolute Gasteiger partial charge is 0.328 e. The van der Waals surface area contributed by atoms with Gasteiger partial charge >= 0.3 is 0 Å². The van der Waals surface area contributed by atoms with E-state index in [-0.39, 0.29) is 22.2 Å². The fraction of sp³-hybridized carbons (Fsp3) is 0.167. The maximum Gasteiger partial charge on any atom is 0.267 e. The van der Waals surface area contributed by atoms with Gasteiger partial charge in [0.1, 0.15) is 11.6 Å². The summed E-state index contributed by atoms with van der Waals surface area (Å²) in [5.74, 6) is -3.57. The number of halogens is 3. The summed E-state index contributed by atoms with van der Waals surface area (Å²) in [5, 5.41) is 0.688. The highest BCUT2D eigenvalue weighted by atomic mass is 32.2. The second kappa shape index (κ2) is 8.97. The van der Waals surface area contributed by atoms with Crippen molar-refractivity contribution < 1.29 is 21.6 Å². The lowest BCUT2D eigenvalue weighted by Crippen LogP contribution is -2.17. The second-order valence-electron chi connectivity index (χ2n) is 8.71. The topological polar surface area (TPSA) is 91.9 Å². The lowest BCUT2D eigenvalue weighted by Gasteiger charge is -2.14. The molecule has 0 aliphatic carbocycles. The predicted molar refractivity (Wildman–Crippen MR) is 129 cm³/mol. The van der Waals surface area contributed by atoms with Gasteiger partial charge in [0.2, 0.25) is 5.56 Å². The number of rotatable bonds is 5. The van der Waals surface area contributed by atoms with Gasteiger partial charge in [0.15, 0.2) is 10.7 Å². The number of pyridine rings is 1. The molecule has 2 aromatic carbocycles. The monoisotopic (exact) mass is 519 g/mol. The average molecular weight is 520 g/mol. The predicted octanol–water partition coefficient (Wildman–Crippen LogP) is 5.68. The number of aromatic amines is 1. The van der Waals surface area contributed by atoms with Crippen LogP contribution in [-0.4, -0.2) is 18.4 Å². The molecule has 0 saturated carbocycles. The van der Waals surface area contributed by atoms with Gasteiger partial charge in [-0.1, -0.05) is 32.9 Å². The Morgan fingerprint density at radius 1 is 0.971 bits per heavy atom. The highest BCUT2D eigenvalue weighted by Crippen LogP contribution is 2.42. The Hall–Kier alpha value is -3.44. The summed E-state index contributed by atoms with van der Waals surface area (Å²) in [6.45, 7) is 5.82. The Labute approximate surface area is 203 Å². The summed E-state index contributed by atoms with van der Waals surface area (Å²) in [7, 11) is -4.78. The van der Waals surface area contributed by atoms with E-state index in [1.807, 2.05) is 25.5 Å². The molecule has 0 saturated heterocycles. The maximum atomic E-state index is 15.7.